The molecule has 12 heavy (non-hydrogen) atoms. The van der Waals surface area contributed by atoms with Crippen LogP contribution in [-0.4, -0.2) is 16.2 Å². The number of nitrogens with zero attached hydrogens (tertiary/aromatic N) is 1. The largest absolute Gasteiger partial charge is 0.366 e. The maximum absolute atomic E-state index is 4.24. The minimum Gasteiger partial charge on any atom is -0.366 e. The summed E-state index contributed by atoms with van der Waals surface area (Å²) in [7, 11) is 0. The summed E-state index contributed by atoms with van der Waals surface area (Å²) >= 11 is 0. The third-order valence-corrected chi connectivity index (χ3v) is 2.23. The second kappa shape index (κ2) is 2.81. The Morgan fingerprint density at radius 1 is 1.42 bits per heavy atom. The standard InChI is InChI=1S/C9H15N3/c1-6(2)10-9-7-4-3-5-8(7)11-12-9/h6H,3-5H2,1-2H3,(H2,10,11,12). The van der Waals surface area contributed by atoms with Crippen LogP contribution in [0.2, 0.25) is 0 Å². The number of anilines is 1. The van der Waals surface area contributed by atoms with Gasteiger partial charge in [-0.15, -0.1) is 0 Å². The van der Waals surface area contributed by atoms with E-state index >= 15 is 0 Å². The second-order valence-electron chi connectivity index (χ2n) is 3.68. The number of rotatable bonds is 2. The highest BCUT2D eigenvalue weighted by Gasteiger charge is 2.18. The van der Waals surface area contributed by atoms with Gasteiger partial charge in [0, 0.05) is 17.3 Å². The smallest absolute Gasteiger partial charge is 0.151 e. The zero-order chi connectivity index (χ0) is 8.55. The molecule has 0 bridgehead atoms. The molecule has 0 spiro atoms. The van der Waals surface area contributed by atoms with Crippen molar-refractivity contribution in [1.82, 2.24) is 10.2 Å². The van der Waals surface area contributed by atoms with Crippen molar-refractivity contribution in [3.05, 3.63) is 11.3 Å². The molecule has 0 atom stereocenters. The van der Waals surface area contributed by atoms with Gasteiger partial charge in [-0.05, 0) is 33.1 Å². The molecule has 0 saturated heterocycles. The van der Waals surface area contributed by atoms with Gasteiger partial charge in [-0.3, -0.25) is 5.10 Å². The Balaban J connectivity index is 2.22. The number of hydrogen-bond acceptors (Lipinski definition) is 2. The molecule has 2 rings (SSSR count). The number of aryl methyl sites for hydroxylation is 1. The molecule has 1 aromatic rings. The van der Waals surface area contributed by atoms with Crippen LogP contribution in [-0.2, 0) is 12.8 Å². The molecule has 0 unspecified atom stereocenters. The monoisotopic (exact) mass is 165 g/mol. The second-order valence-corrected chi connectivity index (χ2v) is 3.68. The van der Waals surface area contributed by atoms with Crippen LogP contribution in [0, 0.1) is 0 Å². The van der Waals surface area contributed by atoms with Crippen molar-refractivity contribution in [1.29, 1.82) is 0 Å². The van der Waals surface area contributed by atoms with E-state index in [-0.39, 0.29) is 0 Å². The molecule has 1 aliphatic rings. The van der Waals surface area contributed by atoms with Gasteiger partial charge in [-0.25, -0.2) is 0 Å². The van der Waals surface area contributed by atoms with Gasteiger partial charge in [0.25, 0.3) is 0 Å². The molecule has 0 radical (unpaired) electrons. The predicted molar refractivity (Wildman–Crippen MR) is 49.4 cm³/mol. The Hall–Kier alpha value is -0.990. The fourth-order valence-electron chi connectivity index (χ4n) is 1.71. The van der Waals surface area contributed by atoms with Gasteiger partial charge in [0.1, 0.15) is 0 Å². The normalized spacial score (nSPS) is 15.2. The van der Waals surface area contributed by atoms with E-state index < -0.39 is 0 Å². The van der Waals surface area contributed by atoms with Crippen molar-refractivity contribution in [3.8, 4) is 0 Å². The zero-order valence-corrected chi connectivity index (χ0v) is 7.65. The van der Waals surface area contributed by atoms with Crippen LogP contribution >= 0.6 is 0 Å². The Morgan fingerprint density at radius 3 is 3.00 bits per heavy atom. The van der Waals surface area contributed by atoms with Gasteiger partial charge in [-0.2, -0.15) is 5.10 Å². The van der Waals surface area contributed by atoms with Crippen molar-refractivity contribution < 1.29 is 0 Å². The van der Waals surface area contributed by atoms with E-state index in [1.165, 1.54) is 30.5 Å². The fraction of sp³-hybridized carbons (Fsp3) is 0.667. The summed E-state index contributed by atoms with van der Waals surface area (Å²) < 4.78 is 0. The van der Waals surface area contributed by atoms with Crippen LogP contribution in [0.4, 0.5) is 5.82 Å². The first-order valence-electron chi connectivity index (χ1n) is 4.60. The van der Waals surface area contributed by atoms with Crippen molar-refractivity contribution in [3.63, 3.8) is 0 Å². The van der Waals surface area contributed by atoms with E-state index in [0.29, 0.717) is 6.04 Å². The topological polar surface area (TPSA) is 40.7 Å². The summed E-state index contributed by atoms with van der Waals surface area (Å²) in [6.07, 6.45) is 3.62. The van der Waals surface area contributed by atoms with E-state index in [0.717, 1.165) is 5.82 Å². The van der Waals surface area contributed by atoms with Crippen molar-refractivity contribution in [2.75, 3.05) is 5.32 Å². The molecule has 0 aromatic carbocycles. The van der Waals surface area contributed by atoms with Crippen LogP contribution < -0.4 is 5.32 Å². The summed E-state index contributed by atoms with van der Waals surface area (Å²) in [4.78, 5) is 0. The summed E-state index contributed by atoms with van der Waals surface area (Å²) in [5.74, 6) is 1.07. The molecule has 0 amide bonds. The van der Waals surface area contributed by atoms with Crippen LogP contribution in [0.5, 0.6) is 0 Å². The number of aromatic nitrogens is 2. The Morgan fingerprint density at radius 2 is 2.25 bits per heavy atom. The lowest BCUT2D eigenvalue weighted by molar-refractivity contribution is 0.843. The first kappa shape index (κ1) is 7.65. The number of hydrogen-bond donors (Lipinski definition) is 2. The molecule has 0 fully saturated rings. The van der Waals surface area contributed by atoms with Gasteiger partial charge in [-0.1, -0.05) is 0 Å². The molecule has 1 heterocycles. The van der Waals surface area contributed by atoms with Gasteiger partial charge in [0.05, 0.1) is 0 Å². The maximum atomic E-state index is 4.24. The lowest BCUT2D eigenvalue weighted by Gasteiger charge is -2.07. The molecular weight excluding hydrogens is 150 g/mol. The number of fused-ring (bicyclic) bond motifs is 1. The number of nitrogens with one attached hydrogen (secondary N) is 2. The van der Waals surface area contributed by atoms with Gasteiger partial charge in [0.15, 0.2) is 5.82 Å². The lowest BCUT2D eigenvalue weighted by Crippen LogP contribution is -2.11. The minimum absolute atomic E-state index is 0.470. The Bertz CT molecular complexity index is 275. The molecule has 2 N–H and O–H groups in total. The van der Waals surface area contributed by atoms with Crippen LogP contribution in [0.15, 0.2) is 0 Å². The first-order chi connectivity index (χ1) is 5.77. The number of H-pyrrole nitrogens is 1. The van der Waals surface area contributed by atoms with Gasteiger partial charge < -0.3 is 5.32 Å². The molecular formula is C9H15N3. The van der Waals surface area contributed by atoms with Crippen LogP contribution in [0.25, 0.3) is 0 Å². The molecule has 66 valence electrons. The van der Waals surface area contributed by atoms with E-state index in [4.69, 9.17) is 0 Å². The summed E-state index contributed by atoms with van der Waals surface area (Å²) in [6.45, 7) is 4.27. The molecule has 1 aromatic heterocycles. The maximum Gasteiger partial charge on any atom is 0.151 e. The highest BCUT2D eigenvalue weighted by atomic mass is 15.2. The minimum atomic E-state index is 0.470. The van der Waals surface area contributed by atoms with Crippen molar-refractivity contribution in [2.45, 2.75) is 39.2 Å². The molecule has 3 heteroatoms. The summed E-state index contributed by atoms with van der Waals surface area (Å²) in [5.41, 5.74) is 2.74. The van der Waals surface area contributed by atoms with E-state index in [9.17, 15) is 0 Å². The fourth-order valence-corrected chi connectivity index (χ4v) is 1.71. The highest BCUT2D eigenvalue weighted by molar-refractivity contribution is 5.48. The van der Waals surface area contributed by atoms with Crippen LogP contribution in [0.3, 0.4) is 0 Å². The van der Waals surface area contributed by atoms with Gasteiger partial charge >= 0.3 is 0 Å². The van der Waals surface area contributed by atoms with E-state index in [2.05, 4.69) is 29.4 Å². The van der Waals surface area contributed by atoms with Crippen molar-refractivity contribution in [2.24, 2.45) is 0 Å². The Kier molecular flexibility index (Phi) is 1.79. The number of aromatic amines is 1. The Labute approximate surface area is 72.6 Å². The summed E-state index contributed by atoms with van der Waals surface area (Å²) in [5, 5.41) is 10.7. The highest BCUT2D eigenvalue weighted by Crippen LogP contribution is 2.26. The van der Waals surface area contributed by atoms with Gasteiger partial charge in [0.2, 0.25) is 0 Å². The average Bonchev–Trinajstić information content (AvgIpc) is 2.52. The molecule has 1 aliphatic carbocycles. The SMILES string of the molecule is CC(C)Nc1n[nH]c2c1CCC2. The third-order valence-electron chi connectivity index (χ3n) is 2.23. The lowest BCUT2D eigenvalue weighted by atomic mass is 10.2. The average molecular weight is 165 g/mol. The van der Waals surface area contributed by atoms with Crippen LogP contribution in [0.1, 0.15) is 31.5 Å². The molecule has 3 nitrogen and oxygen atoms in total. The van der Waals surface area contributed by atoms with E-state index in [1.54, 1.807) is 0 Å². The van der Waals surface area contributed by atoms with Crippen molar-refractivity contribution >= 4 is 5.82 Å². The third kappa shape index (κ3) is 1.19. The molecule has 0 aliphatic heterocycles. The zero-order valence-electron chi connectivity index (χ0n) is 7.65. The predicted octanol–water partition coefficient (Wildman–Crippen LogP) is 1.72. The summed E-state index contributed by atoms with van der Waals surface area (Å²) in [6, 6.07) is 0.470. The molecule has 0 saturated carbocycles. The quantitative estimate of drug-likeness (QED) is 0.700. The first-order valence-corrected chi connectivity index (χ1v) is 4.60. The van der Waals surface area contributed by atoms with E-state index in [1.807, 2.05) is 0 Å².